The Morgan fingerprint density at radius 3 is 2.66 bits per heavy atom. The van der Waals surface area contributed by atoms with Gasteiger partial charge in [0.1, 0.15) is 17.0 Å². The van der Waals surface area contributed by atoms with Gasteiger partial charge in [0.2, 0.25) is 0 Å². The minimum atomic E-state index is -1.15. The number of hydrogen-bond donors (Lipinski definition) is 2. The van der Waals surface area contributed by atoms with Crippen LogP contribution in [0.25, 0.3) is 28.0 Å². The molecule has 2 N–H and O–H groups in total. The van der Waals surface area contributed by atoms with Gasteiger partial charge in [-0.1, -0.05) is 12.1 Å². The number of carbonyl (C=O) groups is 1. The first-order valence-corrected chi connectivity index (χ1v) is 11.2. The van der Waals surface area contributed by atoms with Gasteiger partial charge < -0.3 is 15.2 Å². The number of pyridine rings is 1. The SMILES string of the molecule is Cc1cc(-c2c(-c3cccc(C#N)c3)nn3ccc(C(=O)N[C@@H]4COC[C@]4(C)O)nc23)cc(C)n1. The first kappa shape index (κ1) is 22.7. The second-order valence-electron chi connectivity index (χ2n) is 9.03. The summed E-state index contributed by atoms with van der Waals surface area (Å²) >= 11 is 0. The van der Waals surface area contributed by atoms with E-state index in [1.165, 1.54) is 0 Å². The lowest BCUT2D eigenvalue weighted by atomic mass is 9.99. The smallest absolute Gasteiger partial charge is 0.270 e. The highest BCUT2D eigenvalue weighted by atomic mass is 16.5. The largest absolute Gasteiger partial charge is 0.386 e. The highest BCUT2D eigenvalue weighted by Gasteiger charge is 2.39. The van der Waals surface area contributed by atoms with Crippen LogP contribution in [0.5, 0.6) is 0 Å². The number of benzene rings is 1. The van der Waals surface area contributed by atoms with Gasteiger partial charge in [0, 0.05) is 23.1 Å². The molecule has 0 saturated carbocycles. The van der Waals surface area contributed by atoms with Gasteiger partial charge in [-0.15, -0.1) is 0 Å². The number of rotatable bonds is 4. The van der Waals surface area contributed by atoms with Crippen LogP contribution in [0.15, 0.2) is 48.7 Å². The van der Waals surface area contributed by atoms with Crippen LogP contribution in [-0.2, 0) is 4.74 Å². The number of ether oxygens (including phenoxy) is 1. The van der Waals surface area contributed by atoms with Gasteiger partial charge in [0.15, 0.2) is 5.65 Å². The molecule has 0 bridgehead atoms. The summed E-state index contributed by atoms with van der Waals surface area (Å²) in [7, 11) is 0. The topological polar surface area (TPSA) is 125 Å². The third-order valence-corrected chi connectivity index (χ3v) is 6.09. The Kier molecular flexibility index (Phi) is 5.55. The van der Waals surface area contributed by atoms with Crippen molar-refractivity contribution in [1.29, 1.82) is 5.26 Å². The standard InChI is InChI=1S/C26H24N6O3/c1-15-9-19(10-16(2)28-15)22-23(18-6-4-5-17(11-18)12-27)31-32-8-7-20(29-24(22)32)25(33)30-21-13-35-14-26(21,3)34/h4-11,21,34H,13-14H2,1-3H3,(H,30,33)/t21-,26+/m1/s1. The van der Waals surface area contributed by atoms with Crippen LogP contribution >= 0.6 is 0 Å². The third-order valence-electron chi connectivity index (χ3n) is 6.09. The number of aromatic nitrogens is 4. The summed E-state index contributed by atoms with van der Waals surface area (Å²) in [6, 6.07) is 14.3. The third kappa shape index (κ3) is 4.25. The maximum Gasteiger partial charge on any atom is 0.270 e. The van der Waals surface area contributed by atoms with Crippen LogP contribution in [0.4, 0.5) is 0 Å². The van der Waals surface area contributed by atoms with Crippen LogP contribution in [0.1, 0.15) is 34.4 Å². The average molecular weight is 469 g/mol. The first-order valence-electron chi connectivity index (χ1n) is 11.2. The van der Waals surface area contributed by atoms with E-state index < -0.39 is 17.6 Å². The van der Waals surface area contributed by atoms with Gasteiger partial charge in [-0.05, 0) is 56.7 Å². The molecule has 0 aliphatic carbocycles. The highest BCUT2D eigenvalue weighted by Crippen LogP contribution is 2.35. The summed E-state index contributed by atoms with van der Waals surface area (Å²) in [5.74, 6) is -0.412. The number of aryl methyl sites for hydroxylation is 2. The molecular weight excluding hydrogens is 444 g/mol. The maximum absolute atomic E-state index is 13.0. The van der Waals surface area contributed by atoms with E-state index in [9.17, 15) is 15.2 Å². The minimum absolute atomic E-state index is 0.156. The molecule has 9 heteroatoms. The quantitative estimate of drug-likeness (QED) is 0.472. The Labute approximate surface area is 202 Å². The zero-order valence-electron chi connectivity index (χ0n) is 19.6. The fourth-order valence-corrected chi connectivity index (χ4v) is 4.33. The summed E-state index contributed by atoms with van der Waals surface area (Å²) in [5.41, 5.74) is 4.75. The molecule has 2 atom stereocenters. The van der Waals surface area contributed by atoms with E-state index >= 15 is 0 Å². The summed E-state index contributed by atoms with van der Waals surface area (Å²) in [6.45, 7) is 5.85. The molecule has 0 radical (unpaired) electrons. The van der Waals surface area contributed by atoms with E-state index in [4.69, 9.17) is 9.84 Å². The van der Waals surface area contributed by atoms with E-state index in [-0.39, 0.29) is 18.9 Å². The molecule has 35 heavy (non-hydrogen) atoms. The molecule has 1 aromatic carbocycles. The van der Waals surface area contributed by atoms with Gasteiger partial charge >= 0.3 is 0 Å². The van der Waals surface area contributed by atoms with Crippen molar-refractivity contribution >= 4 is 11.6 Å². The fraction of sp³-hybridized carbons (Fsp3) is 0.269. The Hall–Kier alpha value is -4.13. The Balaban J connectivity index is 1.66. The van der Waals surface area contributed by atoms with Gasteiger partial charge in [0.05, 0.1) is 36.5 Å². The van der Waals surface area contributed by atoms with E-state index in [0.717, 1.165) is 28.1 Å². The molecule has 9 nitrogen and oxygen atoms in total. The summed E-state index contributed by atoms with van der Waals surface area (Å²) in [4.78, 5) is 22.2. The number of carbonyl (C=O) groups excluding carboxylic acids is 1. The first-order chi connectivity index (χ1) is 16.7. The van der Waals surface area contributed by atoms with Crippen LogP contribution < -0.4 is 5.32 Å². The number of aliphatic hydroxyl groups is 1. The summed E-state index contributed by atoms with van der Waals surface area (Å²) < 4.78 is 6.95. The zero-order valence-corrected chi connectivity index (χ0v) is 19.6. The maximum atomic E-state index is 13.0. The van der Waals surface area contributed by atoms with E-state index in [0.29, 0.717) is 16.9 Å². The molecule has 176 valence electrons. The van der Waals surface area contributed by atoms with E-state index in [1.807, 2.05) is 38.1 Å². The van der Waals surface area contributed by atoms with Crippen molar-refractivity contribution in [2.75, 3.05) is 13.2 Å². The van der Waals surface area contributed by atoms with Crippen LogP contribution in [0.3, 0.4) is 0 Å². The predicted octanol–water partition coefficient (Wildman–Crippen LogP) is 2.83. The Bertz CT molecular complexity index is 1480. The lowest BCUT2D eigenvalue weighted by Gasteiger charge is -2.23. The number of nitrogens with zero attached hydrogens (tertiary/aromatic N) is 5. The van der Waals surface area contributed by atoms with Crippen molar-refractivity contribution in [1.82, 2.24) is 24.9 Å². The van der Waals surface area contributed by atoms with Crippen molar-refractivity contribution in [2.24, 2.45) is 0 Å². The predicted molar refractivity (Wildman–Crippen MR) is 129 cm³/mol. The number of amides is 1. The molecule has 0 spiro atoms. The molecule has 4 heterocycles. The fourth-order valence-electron chi connectivity index (χ4n) is 4.33. The van der Waals surface area contributed by atoms with Crippen LogP contribution in [-0.4, -0.2) is 55.5 Å². The molecule has 1 saturated heterocycles. The molecule has 1 amide bonds. The molecular formula is C26H24N6O3. The molecule has 0 unspecified atom stereocenters. The molecule has 4 aromatic rings. The van der Waals surface area contributed by atoms with Crippen LogP contribution in [0, 0.1) is 25.2 Å². The van der Waals surface area contributed by atoms with Crippen molar-refractivity contribution < 1.29 is 14.6 Å². The van der Waals surface area contributed by atoms with Crippen molar-refractivity contribution in [3.8, 4) is 28.5 Å². The molecule has 3 aromatic heterocycles. The number of fused-ring (bicyclic) bond motifs is 1. The molecule has 1 aliphatic heterocycles. The van der Waals surface area contributed by atoms with Gasteiger partial charge in [-0.25, -0.2) is 9.50 Å². The van der Waals surface area contributed by atoms with Gasteiger partial charge in [-0.3, -0.25) is 9.78 Å². The molecule has 1 aliphatic rings. The summed E-state index contributed by atoms with van der Waals surface area (Å²) in [5, 5.41) is 27.4. The molecule has 1 fully saturated rings. The van der Waals surface area contributed by atoms with Crippen LogP contribution in [0.2, 0.25) is 0 Å². The normalized spacial score (nSPS) is 19.6. The minimum Gasteiger partial charge on any atom is -0.386 e. The van der Waals surface area contributed by atoms with Crippen molar-refractivity contribution in [3.05, 3.63) is 71.3 Å². The van der Waals surface area contributed by atoms with Crippen molar-refractivity contribution in [3.63, 3.8) is 0 Å². The van der Waals surface area contributed by atoms with Gasteiger partial charge in [0.25, 0.3) is 5.91 Å². The summed E-state index contributed by atoms with van der Waals surface area (Å²) in [6.07, 6.45) is 1.68. The lowest BCUT2D eigenvalue weighted by molar-refractivity contribution is 0.0287. The highest BCUT2D eigenvalue weighted by molar-refractivity contribution is 5.95. The molecule has 5 rings (SSSR count). The van der Waals surface area contributed by atoms with E-state index in [2.05, 4.69) is 21.4 Å². The van der Waals surface area contributed by atoms with E-state index in [1.54, 1.807) is 35.8 Å². The number of nitrogens with one attached hydrogen (secondary N) is 1. The lowest BCUT2D eigenvalue weighted by Crippen LogP contribution is -2.50. The average Bonchev–Trinajstić information content (AvgIpc) is 3.37. The Morgan fingerprint density at radius 2 is 1.97 bits per heavy atom. The number of nitriles is 1. The van der Waals surface area contributed by atoms with Gasteiger partial charge in [-0.2, -0.15) is 10.4 Å². The van der Waals surface area contributed by atoms with Crippen molar-refractivity contribution in [2.45, 2.75) is 32.4 Å². The second-order valence-corrected chi connectivity index (χ2v) is 9.03. The number of hydrogen-bond acceptors (Lipinski definition) is 7. The Morgan fingerprint density at radius 1 is 1.20 bits per heavy atom. The zero-order chi connectivity index (χ0) is 24.7. The monoisotopic (exact) mass is 468 g/mol. The second kappa shape index (κ2) is 8.58.